The molecule has 0 spiro atoms. The summed E-state index contributed by atoms with van der Waals surface area (Å²) >= 11 is 0. The highest BCUT2D eigenvalue weighted by Crippen LogP contribution is 2.44. The van der Waals surface area contributed by atoms with E-state index in [1.54, 1.807) is 25.2 Å². The third-order valence-corrected chi connectivity index (χ3v) is 3.31. The normalized spacial score (nSPS) is 20.6. The average Bonchev–Trinajstić information content (AvgIpc) is 3.16. The third kappa shape index (κ3) is 3.52. The van der Waals surface area contributed by atoms with Gasteiger partial charge in [-0.15, -0.1) is 0 Å². The van der Waals surface area contributed by atoms with Gasteiger partial charge in [0, 0.05) is 38.0 Å². The van der Waals surface area contributed by atoms with Crippen molar-refractivity contribution in [3.63, 3.8) is 0 Å². The van der Waals surface area contributed by atoms with E-state index in [1.807, 2.05) is 0 Å². The lowest BCUT2D eigenvalue weighted by Crippen LogP contribution is -2.38. The minimum absolute atomic E-state index is 0.211. The van der Waals surface area contributed by atoms with Crippen LogP contribution in [0.15, 0.2) is 36.3 Å². The topological polar surface area (TPSA) is 50.3 Å². The molecule has 7 heteroatoms. The number of nitrogens with zero attached hydrogens (tertiary/aromatic N) is 2. The van der Waals surface area contributed by atoms with Crippen LogP contribution in [0.5, 0.6) is 0 Å². The van der Waals surface area contributed by atoms with Crippen LogP contribution >= 0.6 is 0 Å². The number of ketones is 2. The fraction of sp³-hybridized carbons (Fsp3) is 0.400. The molecule has 1 saturated carbocycles. The van der Waals surface area contributed by atoms with E-state index in [1.165, 1.54) is 18.3 Å². The average molecular weight is 312 g/mol. The molecule has 1 aliphatic rings. The number of rotatable bonds is 5. The highest BCUT2D eigenvalue weighted by Gasteiger charge is 2.54. The summed E-state index contributed by atoms with van der Waals surface area (Å²) in [6.07, 6.45) is -0.637. The molecule has 2 atom stereocenters. The van der Waals surface area contributed by atoms with Crippen LogP contribution < -0.4 is 0 Å². The first kappa shape index (κ1) is 16.2. The van der Waals surface area contributed by atoms with Gasteiger partial charge < -0.3 is 4.90 Å². The van der Waals surface area contributed by atoms with Crippen molar-refractivity contribution in [1.29, 1.82) is 0 Å². The zero-order valence-electron chi connectivity index (χ0n) is 12.1. The molecule has 22 heavy (non-hydrogen) atoms. The molecule has 1 fully saturated rings. The van der Waals surface area contributed by atoms with Crippen LogP contribution in [0, 0.1) is 11.8 Å². The fourth-order valence-corrected chi connectivity index (χ4v) is 2.25. The van der Waals surface area contributed by atoms with E-state index >= 15 is 0 Å². The maximum absolute atomic E-state index is 13.2. The number of allylic oxidation sites excluding steroid dienone is 1. The summed E-state index contributed by atoms with van der Waals surface area (Å²) in [5.41, 5.74) is 0.403. The van der Waals surface area contributed by atoms with Crippen LogP contribution in [0.2, 0.25) is 0 Å². The van der Waals surface area contributed by atoms with Crippen molar-refractivity contribution < 1.29 is 22.8 Å². The largest absolute Gasteiger partial charge is 0.405 e. The van der Waals surface area contributed by atoms with Gasteiger partial charge in [0.05, 0.1) is 0 Å². The van der Waals surface area contributed by atoms with E-state index in [0.29, 0.717) is 5.57 Å². The van der Waals surface area contributed by atoms with E-state index in [2.05, 4.69) is 4.98 Å². The number of Topliss-reactive ketones (excluding diaryl/α,β-unsaturated/α-hetero) is 2. The lowest BCUT2D eigenvalue weighted by molar-refractivity contribution is -0.171. The van der Waals surface area contributed by atoms with Crippen molar-refractivity contribution in [2.45, 2.75) is 12.6 Å². The highest BCUT2D eigenvalue weighted by molar-refractivity contribution is 6.13. The second-order valence-corrected chi connectivity index (χ2v) is 5.41. The number of hydrogen-bond acceptors (Lipinski definition) is 4. The van der Waals surface area contributed by atoms with E-state index in [-0.39, 0.29) is 12.0 Å². The number of halogens is 3. The maximum Gasteiger partial charge on any atom is 0.405 e. The Hall–Kier alpha value is -2.18. The minimum atomic E-state index is -4.91. The maximum atomic E-state index is 13.2. The Balaban J connectivity index is 2.25. The summed E-state index contributed by atoms with van der Waals surface area (Å²) in [6, 6.07) is 2.59. The Bertz CT molecular complexity index is 609. The van der Waals surface area contributed by atoms with Gasteiger partial charge in [0.2, 0.25) is 0 Å². The van der Waals surface area contributed by atoms with Crippen molar-refractivity contribution in [2.75, 3.05) is 14.1 Å². The first-order valence-electron chi connectivity index (χ1n) is 6.63. The van der Waals surface area contributed by atoms with Gasteiger partial charge in [0.25, 0.3) is 0 Å². The van der Waals surface area contributed by atoms with Crippen LogP contribution in [0.1, 0.15) is 16.8 Å². The third-order valence-electron chi connectivity index (χ3n) is 3.31. The smallest absolute Gasteiger partial charge is 0.384 e. The van der Waals surface area contributed by atoms with Crippen molar-refractivity contribution >= 4 is 11.6 Å². The van der Waals surface area contributed by atoms with Gasteiger partial charge in [0.1, 0.15) is 0 Å². The SMILES string of the molecule is CN(C)C=C1CC1C(=O)C(C(=O)c1cccnc1)C(F)(F)F. The van der Waals surface area contributed by atoms with Crippen molar-refractivity contribution in [1.82, 2.24) is 9.88 Å². The molecule has 0 amide bonds. The Morgan fingerprint density at radius 1 is 1.41 bits per heavy atom. The first-order valence-corrected chi connectivity index (χ1v) is 6.63. The molecular weight excluding hydrogens is 297 g/mol. The zero-order valence-corrected chi connectivity index (χ0v) is 12.1. The lowest BCUT2D eigenvalue weighted by Gasteiger charge is -2.17. The minimum Gasteiger partial charge on any atom is -0.384 e. The van der Waals surface area contributed by atoms with Crippen LogP contribution in [-0.2, 0) is 4.79 Å². The number of aromatic nitrogens is 1. The first-order chi connectivity index (χ1) is 10.2. The van der Waals surface area contributed by atoms with E-state index in [4.69, 9.17) is 0 Å². The van der Waals surface area contributed by atoms with E-state index < -0.39 is 29.6 Å². The molecule has 1 aromatic rings. The molecule has 4 nitrogen and oxygen atoms in total. The van der Waals surface area contributed by atoms with E-state index in [0.717, 1.165) is 6.20 Å². The quantitative estimate of drug-likeness (QED) is 0.619. The van der Waals surface area contributed by atoms with Crippen molar-refractivity contribution in [2.24, 2.45) is 11.8 Å². The van der Waals surface area contributed by atoms with Crippen molar-refractivity contribution in [3.05, 3.63) is 41.9 Å². The van der Waals surface area contributed by atoms with Crippen LogP contribution in [0.25, 0.3) is 0 Å². The molecule has 0 N–H and O–H groups in total. The number of carbonyl (C=O) groups excluding carboxylic acids is 2. The van der Waals surface area contributed by atoms with E-state index in [9.17, 15) is 22.8 Å². The van der Waals surface area contributed by atoms with Crippen LogP contribution in [-0.4, -0.2) is 41.7 Å². The number of alkyl halides is 3. The molecular formula is C15H15F3N2O2. The zero-order chi connectivity index (χ0) is 16.5. The predicted octanol–water partition coefficient (Wildman–Crippen LogP) is 2.48. The van der Waals surface area contributed by atoms with Gasteiger partial charge >= 0.3 is 6.18 Å². The summed E-state index contributed by atoms with van der Waals surface area (Å²) in [5, 5.41) is 0. The van der Waals surface area contributed by atoms with Crippen LogP contribution in [0.4, 0.5) is 13.2 Å². The molecule has 118 valence electrons. The predicted molar refractivity (Wildman–Crippen MR) is 73.0 cm³/mol. The molecule has 0 aromatic carbocycles. The summed E-state index contributed by atoms with van der Waals surface area (Å²) < 4.78 is 39.6. The van der Waals surface area contributed by atoms with Gasteiger partial charge in [0.15, 0.2) is 17.5 Å². The molecule has 0 bridgehead atoms. The Morgan fingerprint density at radius 3 is 2.59 bits per heavy atom. The molecule has 0 radical (unpaired) electrons. The second-order valence-electron chi connectivity index (χ2n) is 5.41. The summed E-state index contributed by atoms with van der Waals surface area (Å²) in [4.78, 5) is 29.5. The Morgan fingerprint density at radius 2 is 2.09 bits per heavy atom. The fourth-order valence-electron chi connectivity index (χ4n) is 2.25. The number of pyridine rings is 1. The summed E-state index contributed by atoms with van der Waals surface area (Å²) in [6.45, 7) is 0. The molecule has 1 aliphatic carbocycles. The van der Waals surface area contributed by atoms with Gasteiger partial charge in [-0.2, -0.15) is 13.2 Å². The van der Waals surface area contributed by atoms with Crippen LogP contribution in [0.3, 0.4) is 0 Å². The molecule has 1 heterocycles. The standard InChI is InChI=1S/C15H15F3N2O2/c1-20(2)8-10-6-11(10)14(22)12(15(16,17)18)13(21)9-4-3-5-19-7-9/h3-5,7-8,11-12H,6H2,1-2H3. The van der Waals surface area contributed by atoms with Crippen molar-refractivity contribution in [3.8, 4) is 0 Å². The number of carbonyl (C=O) groups is 2. The Labute approximate surface area is 125 Å². The summed E-state index contributed by atoms with van der Waals surface area (Å²) in [7, 11) is 3.43. The van der Waals surface area contributed by atoms with Gasteiger partial charge in [-0.3, -0.25) is 14.6 Å². The second kappa shape index (κ2) is 5.90. The molecule has 2 unspecified atom stereocenters. The number of hydrogen-bond donors (Lipinski definition) is 0. The Kier molecular flexibility index (Phi) is 4.35. The summed E-state index contributed by atoms with van der Waals surface area (Å²) in [5.74, 6) is -5.79. The lowest BCUT2D eigenvalue weighted by atomic mass is 9.91. The highest BCUT2D eigenvalue weighted by atomic mass is 19.4. The molecule has 0 aliphatic heterocycles. The van der Waals surface area contributed by atoms with Gasteiger partial charge in [-0.05, 0) is 30.3 Å². The van der Waals surface area contributed by atoms with Gasteiger partial charge in [-0.25, -0.2) is 0 Å². The molecule has 1 aromatic heterocycles. The molecule has 2 rings (SSSR count). The monoisotopic (exact) mass is 312 g/mol. The van der Waals surface area contributed by atoms with Gasteiger partial charge in [-0.1, -0.05) is 0 Å². The molecule has 0 saturated heterocycles.